The van der Waals surface area contributed by atoms with E-state index >= 15 is 0 Å². The minimum absolute atomic E-state index is 0.197. The Bertz CT molecular complexity index is 617. The highest BCUT2D eigenvalue weighted by atomic mass is 32.1. The van der Waals surface area contributed by atoms with E-state index in [2.05, 4.69) is 43.3 Å². The first-order valence-corrected chi connectivity index (χ1v) is 10.1. The largest absolute Gasteiger partial charge is 0.394 e. The van der Waals surface area contributed by atoms with Crippen molar-refractivity contribution in [3.8, 4) is 10.4 Å². The fourth-order valence-corrected chi connectivity index (χ4v) is 3.89. The highest BCUT2D eigenvalue weighted by Crippen LogP contribution is 2.29. The molecular formula is C21H31NO2S. The topological polar surface area (TPSA) is 66.5 Å². The molecule has 138 valence electrons. The van der Waals surface area contributed by atoms with Crippen LogP contribution in [-0.4, -0.2) is 29.0 Å². The molecule has 0 radical (unpaired) electrons. The van der Waals surface area contributed by atoms with E-state index in [1.165, 1.54) is 53.0 Å². The van der Waals surface area contributed by atoms with Gasteiger partial charge in [-0.3, -0.25) is 0 Å². The first kappa shape index (κ1) is 20.1. The maximum absolute atomic E-state index is 9.27. The van der Waals surface area contributed by atoms with E-state index in [1.54, 1.807) is 0 Å². The molecule has 1 aromatic heterocycles. The van der Waals surface area contributed by atoms with Crippen molar-refractivity contribution in [1.29, 1.82) is 0 Å². The van der Waals surface area contributed by atoms with Gasteiger partial charge in [-0.25, -0.2) is 0 Å². The number of thiophene rings is 1. The van der Waals surface area contributed by atoms with Gasteiger partial charge in [0, 0.05) is 9.75 Å². The molecule has 0 bridgehead atoms. The molecule has 0 saturated heterocycles. The van der Waals surface area contributed by atoms with E-state index < -0.39 is 5.54 Å². The summed E-state index contributed by atoms with van der Waals surface area (Å²) in [6.07, 6.45) is 7.72. The third-order valence-corrected chi connectivity index (χ3v) is 5.91. The highest BCUT2D eigenvalue weighted by Gasteiger charge is 2.22. The second-order valence-electron chi connectivity index (χ2n) is 6.95. The average molecular weight is 362 g/mol. The molecule has 0 saturated carbocycles. The van der Waals surface area contributed by atoms with Gasteiger partial charge >= 0.3 is 0 Å². The maximum atomic E-state index is 9.27. The molecule has 25 heavy (non-hydrogen) atoms. The van der Waals surface area contributed by atoms with E-state index in [0.29, 0.717) is 6.42 Å². The third-order valence-electron chi connectivity index (χ3n) is 4.72. The minimum atomic E-state index is -0.890. The third kappa shape index (κ3) is 6.23. The monoisotopic (exact) mass is 361 g/mol. The van der Waals surface area contributed by atoms with Gasteiger partial charge in [0.1, 0.15) is 0 Å². The summed E-state index contributed by atoms with van der Waals surface area (Å²) in [4.78, 5) is 2.78. The number of hydrogen-bond acceptors (Lipinski definition) is 4. The first-order valence-electron chi connectivity index (χ1n) is 9.29. The number of unbranched alkanes of at least 4 members (excludes halogenated alkanes) is 3. The van der Waals surface area contributed by atoms with Crippen LogP contribution < -0.4 is 5.73 Å². The fraction of sp³-hybridized carbons (Fsp3) is 0.524. The number of aryl methyl sites for hydroxylation is 2. The highest BCUT2D eigenvalue weighted by molar-refractivity contribution is 7.15. The second-order valence-corrected chi connectivity index (χ2v) is 8.12. The molecule has 1 aromatic carbocycles. The van der Waals surface area contributed by atoms with Crippen molar-refractivity contribution in [1.82, 2.24) is 0 Å². The van der Waals surface area contributed by atoms with E-state index in [0.717, 1.165) is 6.42 Å². The van der Waals surface area contributed by atoms with Crippen molar-refractivity contribution in [3.63, 3.8) is 0 Å². The van der Waals surface area contributed by atoms with Gasteiger partial charge in [0.05, 0.1) is 18.8 Å². The molecule has 4 N–H and O–H groups in total. The summed E-state index contributed by atoms with van der Waals surface area (Å²) in [6.45, 7) is 1.85. The predicted octanol–water partition coefficient (Wildman–Crippen LogP) is 4.15. The van der Waals surface area contributed by atoms with E-state index in [-0.39, 0.29) is 13.2 Å². The van der Waals surface area contributed by atoms with Crippen LogP contribution >= 0.6 is 11.3 Å². The summed E-state index contributed by atoms with van der Waals surface area (Å²) in [5, 5.41) is 18.5. The Morgan fingerprint density at radius 3 is 2.28 bits per heavy atom. The number of hydrogen-bond donors (Lipinski definition) is 3. The van der Waals surface area contributed by atoms with Crippen LogP contribution in [0.1, 0.15) is 49.5 Å². The van der Waals surface area contributed by atoms with Gasteiger partial charge in [-0.2, -0.15) is 0 Å². The van der Waals surface area contributed by atoms with Crippen molar-refractivity contribution in [2.45, 2.75) is 57.4 Å². The molecule has 0 spiro atoms. The molecule has 0 amide bonds. The molecule has 3 nitrogen and oxygen atoms in total. The zero-order chi connectivity index (χ0) is 18.1. The van der Waals surface area contributed by atoms with Crippen LogP contribution in [0.2, 0.25) is 0 Å². The summed E-state index contributed by atoms with van der Waals surface area (Å²) in [5.41, 5.74) is 7.46. The van der Waals surface area contributed by atoms with Crippen LogP contribution in [0.25, 0.3) is 10.4 Å². The van der Waals surface area contributed by atoms with Crippen LogP contribution in [0.15, 0.2) is 36.4 Å². The lowest BCUT2D eigenvalue weighted by Crippen LogP contribution is -2.47. The Morgan fingerprint density at radius 2 is 1.64 bits per heavy atom. The molecule has 0 unspecified atom stereocenters. The van der Waals surface area contributed by atoms with Gasteiger partial charge in [-0.15, -0.1) is 11.3 Å². The molecule has 0 atom stereocenters. The van der Waals surface area contributed by atoms with Crippen LogP contribution in [0.3, 0.4) is 0 Å². The summed E-state index contributed by atoms with van der Waals surface area (Å²) >= 11 is 1.89. The van der Waals surface area contributed by atoms with Crippen LogP contribution in [0, 0.1) is 0 Å². The van der Waals surface area contributed by atoms with Gasteiger partial charge in [0.2, 0.25) is 0 Å². The Balaban J connectivity index is 1.90. The van der Waals surface area contributed by atoms with Crippen molar-refractivity contribution >= 4 is 11.3 Å². The maximum Gasteiger partial charge on any atom is 0.0633 e. The minimum Gasteiger partial charge on any atom is -0.394 e. The lowest BCUT2D eigenvalue weighted by Gasteiger charge is -2.24. The van der Waals surface area contributed by atoms with Gasteiger partial charge in [0.25, 0.3) is 0 Å². The Kier molecular flexibility index (Phi) is 8.10. The second kappa shape index (κ2) is 10.1. The summed E-state index contributed by atoms with van der Waals surface area (Å²) < 4.78 is 0. The average Bonchev–Trinajstić information content (AvgIpc) is 3.13. The molecule has 2 rings (SSSR count). The van der Waals surface area contributed by atoms with Crippen molar-refractivity contribution in [3.05, 3.63) is 46.8 Å². The van der Waals surface area contributed by atoms with Crippen LogP contribution in [-0.2, 0) is 12.8 Å². The lowest BCUT2D eigenvalue weighted by molar-refractivity contribution is 0.115. The van der Waals surface area contributed by atoms with Crippen molar-refractivity contribution in [2.75, 3.05) is 13.2 Å². The summed E-state index contributed by atoms with van der Waals surface area (Å²) in [5.74, 6) is 0. The van der Waals surface area contributed by atoms with E-state index in [9.17, 15) is 10.2 Å². The summed E-state index contributed by atoms with van der Waals surface area (Å²) in [7, 11) is 0. The molecule has 0 aliphatic rings. The van der Waals surface area contributed by atoms with Gasteiger partial charge in [-0.05, 0) is 48.9 Å². The zero-order valence-electron chi connectivity index (χ0n) is 15.2. The van der Waals surface area contributed by atoms with Gasteiger partial charge in [0.15, 0.2) is 0 Å². The number of aliphatic hydroxyl groups is 2. The number of benzene rings is 1. The zero-order valence-corrected chi connectivity index (χ0v) is 16.0. The van der Waals surface area contributed by atoms with Crippen LogP contribution in [0.5, 0.6) is 0 Å². The number of rotatable bonds is 11. The molecular weight excluding hydrogens is 330 g/mol. The smallest absolute Gasteiger partial charge is 0.0633 e. The summed E-state index contributed by atoms with van der Waals surface area (Å²) in [6, 6.07) is 13.0. The molecule has 1 heterocycles. The fourth-order valence-electron chi connectivity index (χ4n) is 2.83. The SMILES string of the molecule is CCCCCCc1ccc(-c2ccc(CCC(N)(CO)CO)cc2)s1. The standard InChI is InChI=1S/C21H31NO2S/c1-2-3-4-5-6-19-11-12-20(25-19)18-9-7-17(8-10-18)13-14-21(22,15-23)16-24/h7-12,23-24H,2-6,13-16,22H2,1H3. The first-order chi connectivity index (χ1) is 12.1. The quantitative estimate of drug-likeness (QED) is 0.527. The van der Waals surface area contributed by atoms with E-state index in [1.807, 2.05) is 11.3 Å². The normalized spacial score (nSPS) is 11.8. The molecule has 4 heteroatoms. The molecule has 0 aliphatic heterocycles. The Labute approximate surface area is 155 Å². The predicted molar refractivity (Wildman–Crippen MR) is 107 cm³/mol. The Morgan fingerprint density at radius 1 is 0.920 bits per heavy atom. The van der Waals surface area contributed by atoms with Gasteiger partial charge in [-0.1, -0.05) is 50.5 Å². The molecule has 0 aliphatic carbocycles. The van der Waals surface area contributed by atoms with Crippen LogP contribution in [0.4, 0.5) is 0 Å². The number of aliphatic hydroxyl groups excluding tert-OH is 2. The Hall–Kier alpha value is -1.20. The molecule has 2 aromatic rings. The van der Waals surface area contributed by atoms with E-state index in [4.69, 9.17) is 5.73 Å². The number of nitrogens with two attached hydrogens (primary N) is 1. The van der Waals surface area contributed by atoms with Crippen molar-refractivity contribution < 1.29 is 10.2 Å². The van der Waals surface area contributed by atoms with Gasteiger partial charge < -0.3 is 15.9 Å². The lowest BCUT2D eigenvalue weighted by atomic mass is 9.93. The van der Waals surface area contributed by atoms with Crippen molar-refractivity contribution in [2.24, 2.45) is 5.73 Å². The molecule has 0 fully saturated rings.